The third-order valence-electron chi connectivity index (χ3n) is 5.23. The molecule has 0 radical (unpaired) electrons. The first kappa shape index (κ1) is 20.0. The largest absolute Gasteiger partial charge is 0.445 e. The van der Waals surface area contributed by atoms with Crippen molar-refractivity contribution in [3.63, 3.8) is 0 Å². The molecule has 0 aromatic carbocycles. The second kappa shape index (κ2) is 8.19. The standard InChI is InChI=1S/C19H22N5O3S2/c1-22-16-14(18(26)23(2)19(22)27)17(21-15(20-16)12-7-6-10-28-12)29-11-13(25)24-8-4-3-5-9-24/h6-7,10,14H,3-5,8-9,11H2,1-2H3/q+1. The molecule has 1 aromatic heterocycles. The van der Waals surface area contributed by atoms with E-state index in [9.17, 15) is 14.4 Å². The monoisotopic (exact) mass is 432 g/mol. The van der Waals surface area contributed by atoms with Crippen molar-refractivity contribution in [1.82, 2.24) is 9.80 Å². The molecule has 29 heavy (non-hydrogen) atoms. The number of urea groups is 1. The van der Waals surface area contributed by atoms with E-state index in [1.807, 2.05) is 22.4 Å². The van der Waals surface area contributed by atoms with Gasteiger partial charge < -0.3 is 4.90 Å². The summed E-state index contributed by atoms with van der Waals surface area (Å²) in [6.45, 7) is 1.57. The molecule has 8 nitrogen and oxygen atoms in total. The van der Waals surface area contributed by atoms with Crippen LogP contribution in [-0.4, -0.2) is 81.9 Å². The van der Waals surface area contributed by atoms with Crippen molar-refractivity contribution in [3.8, 4) is 0 Å². The van der Waals surface area contributed by atoms with Gasteiger partial charge >= 0.3 is 11.9 Å². The predicted molar refractivity (Wildman–Crippen MR) is 114 cm³/mol. The molecule has 10 heteroatoms. The van der Waals surface area contributed by atoms with Gasteiger partial charge in [0.2, 0.25) is 11.7 Å². The van der Waals surface area contributed by atoms with E-state index < -0.39 is 11.9 Å². The van der Waals surface area contributed by atoms with Crippen molar-refractivity contribution in [3.05, 3.63) is 22.4 Å². The van der Waals surface area contributed by atoms with Crippen molar-refractivity contribution < 1.29 is 19.0 Å². The number of likely N-dealkylation sites (tertiary alicyclic amines) is 1. The summed E-state index contributed by atoms with van der Waals surface area (Å²) in [6, 6.07) is 3.37. The molecule has 3 aliphatic heterocycles. The van der Waals surface area contributed by atoms with Crippen LogP contribution in [0.5, 0.6) is 0 Å². The number of thiophene rings is 1. The summed E-state index contributed by atoms with van der Waals surface area (Å²) in [7, 11) is 3.06. The van der Waals surface area contributed by atoms with Gasteiger partial charge in [0.15, 0.2) is 5.92 Å². The fourth-order valence-corrected chi connectivity index (χ4v) is 5.21. The van der Waals surface area contributed by atoms with Gasteiger partial charge in [-0.2, -0.15) is 9.48 Å². The molecule has 1 unspecified atom stereocenters. The number of carbonyl (C=O) groups excluding carboxylic acids is 3. The van der Waals surface area contributed by atoms with E-state index in [0.29, 0.717) is 16.7 Å². The number of thioether (sulfide) groups is 1. The number of amidine groups is 2. The smallest absolute Gasteiger partial charge is 0.342 e. The number of fused-ring (bicyclic) bond motifs is 1. The maximum Gasteiger partial charge on any atom is 0.445 e. The second-order valence-electron chi connectivity index (χ2n) is 7.12. The predicted octanol–water partition coefficient (Wildman–Crippen LogP) is 1.90. The minimum atomic E-state index is -0.759. The normalized spacial score (nSPS) is 22.5. The molecule has 0 bridgehead atoms. The SMILES string of the molecule is CN1C(=O)C2C(SCC(=O)N3CCCCC3)=NC(c3cccs3)=NC2=[N+](C)C1=O. The van der Waals surface area contributed by atoms with Gasteiger partial charge in [0.1, 0.15) is 5.04 Å². The van der Waals surface area contributed by atoms with Crippen LogP contribution >= 0.6 is 23.1 Å². The van der Waals surface area contributed by atoms with Gasteiger partial charge in [-0.25, -0.2) is 9.79 Å². The zero-order valence-corrected chi connectivity index (χ0v) is 18.0. The lowest BCUT2D eigenvalue weighted by molar-refractivity contribution is -0.407. The summed E-state index contributed by atoms with van der Waals surface area (Å²) < 4.78 is 1.39. The third-order valence-corrected chi connectivity index (χ3v) is 7.11. The van der Waals surface area contributed by atoms with Crippen molar-refractivity contribution in [2.24, 2.45) is 15.9 Å². The molecule has 0 spiro atoms. The molecular weight excluding hydrogens is 410 g/mol. The number of hydrogen-bond acceptors (Lipinski definition) is 7. The Labute approximate surface area is 177 Å². The first-order valence-corrected chi connectivity index (χ1v) is 11.4. The Morgan fingerprint density at radius 2 is 2.03 bits per heavy atom. The van der Waals surface area contributed by atoms with Crippen molar-refractivity contribution in [1.29, 1.82) is 0 Å². The number of rotatable bonds is 3. The highest BCUT2D eigenvalue weighted by Crippen LogP contribution is 2.27. The maximum absolute atomic E-state index is 12.9. The zero-order valence-electron chi connectivity index (χ0n) is 16.3. The van der Waals surface area contributed by atoms with E-state index in [4.69, 9.17) is 0 Å². The molecule has 152 valence electrons. The lowest BCUT2D eigenvalue weighted by atomic mass is 10.0. The van der Waals surface area contributed by atoms with Gasteiger partial charge in [-0.05, 0) is 30.7 Å². The molecule has 4 rings (SSSR count). The fraction of sp³-hybridized carbons (Fsp3) is 0.474. The van der Waals surface area contributed by atoms with E-state index in [1.165, 1.54) is 34.7 Å². The van der Waals surface area contributed by atoms with Crippen LogP contribution in [0.1, 0.15) is 24.1 Å². The van der Waals surface area contributed by atoms with Gasteiger partial charge in [0.05, 0.1) is 24.7 Å². The van der Waals surface area contributed by atoms with E-state index in [2.05, 4.69) is 9.98 Å². The number of aliphatic imine (C=N–C) groups is 2. The highest BCUT2D eigenvalue weighted by atomic mass is 32.2. The highest BCUT2D eigenvalue weighted by molar-refractivity contribution is 8.14. The van der Waals surface area contributed by atoms with Crippen LogP contribution < -0.4 is 0 Å². The van der Waals surface area contributed by atoms with E-state index in [0.717, 1.165) is 42.1 Å². The van der Waals surface area contributed by atoms with Crippen LogP contribution in [0.3, 0.4) is 0 Å². The van der Waals surface area contributed by atoms with Crippen LogP contribution in [0.4, 0.5) is 4.79 Å². The average molecular weight is 433 g/mol. The maximum atomic E-state index is 12.9. The molecule has 0 aliphatic carbocycles. The molecule has 0 N–H and O–H groups in total. The first-order chi connectivity index (χ1) is 14.0. The lowest BCUT2D eigenvalue weighted by Crippen LogP contribution is -2.54. The van der Waals surface area contributed by atoms with Gasteiger partial charge in [0.25, 0.3) is 5.84 Å². The van der Waals surface area contributed by atoms with Gasteiger partial charge in [-0.1, -0.05) is 22.8 Å². The first-order valence-electron chi connectivity index (χ1n) is 9.51. The quantitative estimate of drug-likeness (QED) is 0.683. The topological polar surface area (TPSA) is 85.4 Å². The molecular formula is C19H22N5O3S2+. The Morgan fingerprint density at radius 1 is 1.28 bits per heavy atom. The summed E-state index contributed by atoms with van der Waals surface area (Å²) in [4.78, 5) is 50.9. The molecule has 1 atom stereocenters. The zero-order chi connectivity index (χ0) is 20.5. The van der Waals surface area contributed by atoms with Crippen LogP contribution in [-0.2, 0) is 9.59 Å². The molecule has 1 aromatic rings. The fourth-order valence-electron chi connectivity index (χ4n) is 3.57. The van der Waals surface area contributed by atoms with Crippen LogP contribution in [0, 0.1) is 5.92 Å². The van der Waals surface area contributed by atoms with Crippen molar-refractivity contribution in [2.45, 2.75) is 19.3 Å². The summed E-state index contributed by atoms with van der Waals surface area (Å²) in [5.74, 6) is -0.0188. The number of hydrogen-bond donors (Lipinski definition) is 0. The Hall–Kier alpha value is -2.33. The van der Waals surface area contributed by atoms with Gasteiger partial charge in [-0.3, -0.25) is 9.59 Å². The van der Waals surface area contributed by atoms with E-state index in [-0.39, 0.29) is 17.6 Å². The summed E-state index contributed by atoms with van der Waals surface area (Å²) in [6.07, 6.45) is 3.22. The minimum Gasteiger partial charge on any atom is -0.342 e. The summed E-state index contributed by atoms with van der Waals surface area (Å²) >= 11 is 2.76. The molecule has 3 aliphatic rings. The second-order valence-corrected chi connectivity index (χ2v) is 9.07. The number of amides is 4. The van der Waals surface area contributed by atoms with Crippen LogP contribution in [0.25, 0.3) is 0 Å². The van der Waals surface area contributed by atoms with Crippen molar-refractivity contribution in [2.75, 3.05) is 32.9 Å². The van der Waals surface area contributed by atoms with Crippen LogP contribution in [0.15, 0.2) is 27.5 Å². The molecule has 4 amide bonds. The Kier molecular flexibility index (Phi) is 5.64. The average Bonchev–Trinajstić information content (AvgIpc) is 3.29. The van der Waals surface area contributed by atoms with E-state index >= 15 is 0 Å². The summed E-state index contributed by atoms with van der Waals surface area (Å²) in [5.41, 5.74) is 0. The number of carbonyl (C=O) groups is 3. The van der Waals surface area contributed by atoms with Gasteiger partial charge in [-0.15, -0.1) is 11.3 Å². The Bertz CT molecular complexity index is 945. The Balaban J connectivity index is 1.64. The van der Waals surface area contributed by atoms with Crippen molar-refractivity contribution >= 4 is 57.7 Å². The van der Waals surface area contributed by atoms with E-state index in [1.54, 1.807) is 7.05 Å². The minimum absolute atomic E-state index is 0.0557. The lowest BCUT2D eigenvalue weighted by Gasteiger charge is -2.28. The highest BCUT2D eigenvalue weighted by Gasteiger charge is 2.49. The number of imide groups is 1. The molecule has 1 saturated heterocycles. The summed E-state index contributed by atoms with van der Waals surface area (Å²) in [5, 5.41) is 2.44. The molecule has 4 heterocycles. The number of nitrogens with zero attached hydrogens (tertiary/aromatic N) is 5. The molecule has 0 saturated carbocycles. The molecule has 1 fully saturated rings. The Morgan fingerprint density at radius 3 is 2.72 bits per heavy atom. The van der Waals surface area contributed by atoms with Gasteiger partial charge in [0, 0.05) is 13.1 Å². The number of piperidine rings is 1. The third kappa shape index (κ3) is 3.78. The van der Waals surface area contributed by atoms with Crippen LogP contribution in [0.2, 0.25) is 0 Å².